The van der Waals surface area contributed by atoms with E-state index in [0.29, 0.717) is 5.56 Å². The molecule has 6 nitrogen and oxygen atoms in total. The van der Waals surface area contributed by atoms with Crippen LogP contribution in [-0.4, -0.2) is 40.9 Å². The first-order valence-electron chi connectivity index (χ1n) is 9.29. The number of carbonyl (C=O) groups is 3. The molecule has 5 rings (SSSR count). The first kappa shape index (κ1) is 17.5. The third kappa shape index (κ3) is 2.54. The number of carbonyl (C=O) groups excluding carboxylic acids is 3. The number of hydrogen-bond acceptors (Lipinski definition) is 5. The summed E-state index contributed by atoms with van der Waals surface area (Å²) in [5, 5.41) is 5.86. The number of nitrogens with zero attached hydrogens (tertiary/aromatic N) is 3. The van der Waals surface area contributed by atoms with E-state index in [0.717, 1.165) is 11.0 Å². The molecule has 0 bridgehead atoms. The molecular weight excluding hydrogens is 373 g/mol. The zero-order chi connectivity index (χ0) is 20.1. The van der Waals surface area contributed by atoms with Crippen molar-refractivity contribution in [1.82, 2.24) is 5.01 Å². The van der Waals surface area contributed by atoms with Gasteiger partial charge in [-0.1, -0.05) is 42.5 Å². The molecule has 0 saturated carbocycles. The fourth-order valence-corrected chi connectivity index (χ4v) is 4.48. The molecule has 2 saturated heterocycles. The number of rotatable bonds is 3. The smallest absolute Gasteiger partial charge is 0.240 e. The van der Waals surface area contributed by atoms with Gasteiger partial charge in [0.25, 0.3) is 0 Å². The molecule has 2 aromatic rings. The van der Waals surface area contributed by atoms with E-state index in [4.69, 9.17) is 0 Å². The number of anilines is 1. The summed E-state index contributed by atoms with van der Waals surface area (Å²) < 4.78 is 13.7. The third-order valence-corrected chi connectivity index (χ3v) is 5.68. The Morgan fingerprint density at radius 1 is 0.966 bits per heavy atom. The summed E-state index contributed by atoms with van der Waals surface area (Å²) in [6.07, 6.45) is 5.03. The highest BCUT2D eigenvalue weighted by molar-refractivity contribution is 6.24. The third-order valence-electron chi connectivity index (χ3n) is 5.68. The van der Waals surface area contributed by atoms with Crippen molar-refractivity contribution >= 4 is 29.5 Å². The number of hydrazone groups is 1. The van der Waals surface area contributed by atoms with Gasteiger partial charge in [-0.3, -0.25) is 19.4 Å². The Labute approximate surface area is 165 Å². The maximum atomic E-state index is 13.7. The standard InChI is InChI=1S/C22H16FN3O3/c23-14-8-4-9-15(12-14)25-21(28)17-16-10-5-11-24-26(16)19(18(17)22(25)29)20(27)13-6-2-1-3-7-13/h1-12,16-19H/t16?,17-,18-,19+/m0/s1. The second-order valence-corrected chi connectivity index (χ2v) is 7.24. The molecular formula is C22H16FN3O3. The fourth-order valence-electron chi connectivity index (χ4n) is 4.48. The van der Waals surface area contributed by atoms with Crippen molar-refractivity contribution in [3.63, 3.8) is 0 Å². The fraction of sp³-hybridized carbons (Fsp3) is 0.182. The highest BCUT2D eigenvalue weighted by atomic mass is 19.1. The van der Waals surface area contributed by atoms with Crippen LogP contribution in [-0.2, 0) is 9.59 Å². The van der Waals surface area contributed by atoms with Crippen molar-refractivity contribution in [1.29, 1.82) is 0 Å². The van der Waals surface area contributed by atoms with Crippen LogP contribution in [0.2, 0.25) is 0 Å². The summed E-state index contributed by atoms with van der Waals surface area (Å²) in [4.78, 5) is 40.9. The van der Waals surface area contributed by atoms with Crippen LogP contribution in [0.3, 0.4) is 0 Å². The predicted molar refractivity (Wildman–Crippen MR) is 104 cm³/mol. The number of amides is 2. The number of halogens is 1. The summed E-state index contributed by atoms with van der Waals surface area (Å²) in [7, 11) is 0. The van der Waals surface area contributed by atoms with E-state index in [2.05, 4.69) is 5.10 Å². The maximum absolute atomic E-state index is 13.7. The number of benzene rings is 2. The van der Waals surface area contributed by atoms with Gasteiger partial charge in [-0.25, -0.2) is 9.29 Å². The number of ketones is 1. The molecule has 3 heterocycles. The van der Waals surface area contributed by atoms with Crippen molar-refractivity contribution in [2.45, 2.75) is 12.1 Å². The molecule has 29 heavy (non-hydrogen) atoms. The minimum atomic E-state index is -0.899. The largest absolute Gasteiger partial charge is 0.292 e. The van der Waals surface area contributed by atoms with Gasteiger partial charge in [0.15, 0.2) is 5.78 Å². The van der Waals surface area contributed by atoms with Gasteiger partial charge in [0.2, 0.25) is 11.8 Å². The molecule has 0 N–H and O–H groups in total. The summed E-state index contributed by atoms with van der Waals surface area (Å²) >= 11 is 0. The molecule has 3 aliphatic heterocycles. The molecule has 0 aromatic heterocycles. The first-order valence-corrected chi connectivity index (χ1v) is 9.29. The Kier molecular flexibility index (Phi) is 3.91. The average Bonchev–Trinajstić information content (AvgIpc) is 3.21. The molecule has 2 fully saturated rings. The van der Waals surface area contributed by atoms with Crippen LogP contribution in [0.25, 0.3) is 0 Å². The van der Waals surface area contributed by atoms with E-state index in [1.165, 1.54) is 18.2 Å². The van der Waals surface area contributed by atoms with Crippen LogP contribution >= 0.6 is 0 Å². The molecule has 1 unspecified atom stereocenters. The van der Waals surface area contributed by atoms with Gasteiger partial charge >= 0.3 is 0 Å². The van der Waals surface area contributed by atoms with E-state index in [1.54, 1.807) is 53.7 Å². The lowest BCUT2D eigenvalue weighted by Gasteiger charge is -2.30. The van der Waals surface area contributed by atoms with Crippen LogP contribution in [0, 0.1) is 17.7 Å². The van der Waals surface area contributed by atoms with Crippen LogP contribution in [0.5, 0.6) is 0 Å². The summed E-state index contributed by atoms with van der Waals surface area (Å²) in [5.74, 6) is -3.39. The highest BCUT2D eigenvalue weighted by Gasteiger charge is 2.64. The van der Waals surface area contributed by atoms with Crippen molar-refractivity contribution in [3.8, 4) is 0 Å². The second kappa shape index (κ2) is 6.48. The van der Waals surface area contributed by atoms with Crippen molar-refractivity contribution in [3.05, 3.63) is 78.1 Å². The topological polar surface area (TPSA) is 70.0 Å². The van der Waals surface area contributed by atoms with Crippen molar-refractivity contribution in [2.24, 2.45) is 16.9 Å². The maximum Gasteiger partial charge on any atom is 0.240 e. The Hall–Kier alpha value is -3.61. The van der Waals surface area contributed by atoms with Gasteiger partial charge in [-0.05, 0) is 24.3 Å². The van der Waals surface area contributed by atoms with Crippen LogP contribution in [0.1, 0.15) is 10.4 Å². The average molecular weight is 389 g/mol. The van der Waals surface area contributed by atoms with Gasteiger partial charge in [-0.15, -0.1) is 0 Å². The Bertz CT molecular complexity index is 1080. The number of allylic oxidation sites excluding steroid dienone is 1. The monoisotopic (exact) mass is 389 g/mol. The van der Waals surface area contributed by atoms with Crippen LogP contribution < -0.4 is 4.90 Å². The Morgan fingerprint density at radius 3 is 2.48 bits per heavy atom. The second-order valence-electron chi connectivity index (χ2n) is 7.24. The minimum Gasteiger partial charge on any atom is -0.292 e. The van der Waals surface area contributed by atoms with Crippen LogP contribution in [0.4, 0.5) is 10.1 Å². The molecule has 144 valence electrons. The van der Waals surface area contributed by atoms with Gasteiger partial charge < -0.3 is 0 Å². The lowest BCUT2D eigenvalue weighted by Crippen LogP contribution is -2.46. The summed E-state index contributed by atoms with van der Waals surface area (Å²) in [6.45, 7) is 0. The first-order chi connectivity index (χ1) is 14.1. The summed E-state index contributed by atoms with van der Waals surface area (Å²) in [6, 6.07) is 12.6. The van der Waals surface area contributed by atoms with Crippen molar-refractivity contribution in [2.75, 3.05) is 4.90 Å². The number of hydrogen-bond donors (Lipinski definition) is 0. The predicted octanol–water partition coefficient (Wildman–Crippen LogP) is 2.42. The lowest BCUT2D eigenvalue weighted by atomic mass is 9.86. The van der Waals surface area contributed by atoms with E-state index >= 15 is 0 Å². The zero-order valence-corrected chi connectivity index (χ0v) is 15.2. The quantitative estimate of drug-likeness (QED) is 0.597. The molecule has 4 atom stereocenters. The normalized spacial score (nSPS) is 27.3. The van der Waals surface area contributed by atoms with Crippen molar-refractivity contribution < 1.29 is 18.8 Å². The number of imide groups is 1. The Balaban J connectivity index is 1.59. The molecule has 2 amide bonds. The minimum absolute atomic E-state index is 0.176. The van der Waals surface area contributed by atoms with E-state index < -0.39 is 41.6 Å². The van der Waals surface area contributed by atoms with E-state index in [1.807, 2.05) is 0 Å². The number of Topliss-reactive ketones (excluding diaryl/α,β-unsaturated/α-hetero) is 1. The zero-order valence-electron chi connectivity index (χ0n) is 15.2. The molecule has 0 aliphatic carbocycles. The van der Waals surface area contributed by atoms with Gasteiger partial charge in [-0.2, -0.15) is 5.10 Å². The van der Waals surface area contributed by atoms with E-state index in [-0.39, 0.29) is 11.5 Å². The molecule has 3 aliphatic rings. The van der Waals surface area contributed by atoms with Gasteiger partial charge in [0.05, 0.1) is 23.6 Å². The SMILES string of the molecule is O=C(c1ccccc1)[C@H]1[C@H]2C(=O)N(c3cccc(F)c3)C(=O)[C@H]2C2C=CC=NN21. The molecule has 0 spiro atoms. The number of fused-ring (bicyclic) bond motifs is 3. The van der Waals surface area contributed by atoms with Gasteiger partial charge in [0, 0.05) is 11.8 Å². The molecule has 2 aromatic carbocycles. The Morgan fingerprint density at radius 2 is 1.72 bits per heavy atom. The molecule has 7 heteroatoms. The van der Waals surface area contributed by atoms with Crippen LogP contribution in [0.15, 0.2) is 71.9 Å². The van der Waals surface area contributed by atoms with Gasteiger partial charge in [0.1, 0.15) is 11.9 Å². The summed E-state index contributed by atoms with van der Waals surface area (Å²) in [5.41, 5.74) is 0.626. The lowest BCUT2D eigenvalue weighted by molar-refractivity contribution is -0.123. The van der Waals surface area contributed by atoms with E-state index in [9.17, 15) is 18.8 Å². The highest BCUT2D eigenvalue weighted by Crippen LogP contribution is 2.46. The molecule has 0 radical (unpaired) electrons.